The molecule has 1 aromatic heterocycles. The molecule has 0 amide bonds. The summed E-state index contributed by atoms with van der Waals surface area (Å²) >= 11 is 3.23. The maximum absolute atomic E-state index is 11.7. The molecule has 6 heteroatoms. The van der Waals surface area contributed by atoms with E-state index in [0.717, 1.165) is 0 Å². The van der Waals surface area contributed by atoms with E-state index in [-0.39, 0.29) is 5.56 Å². The molecule has 0 aliphatic carbocycles. The van der Waals surface area contributed by atoms with Crippen molar-refractivity contribution in [2.24, 2.45) is 7.05 Å². The third-order valence-corrected chi connectivity index (χ3v) is 3.82. The fraction of sp³-hybridized carbons (Fsp3) is 0.636. The van der Waals surface area contributed by atoms with Crippen molar-refractivity contribution < 1.29 is 5.11 Å². The zero-order valence-corrected chi connectivity index (χ0v) is 12.3. The molecule has 0 saturated heterocycles. The summed E-state index contributed by atoms with van der Waals surface area (Å²) in [6.07, 6.45) is 1.55. The highest BCUT2D eigenvalue weighted by Gasteiger charge is 2.35. The molecule has 0 bridgehead atoms. The highest BCUT2D eigenvalue weighted by atomic mass is 79.9. The highest BCUT2D eigenvalue weighted by molar-refractivity contribution is 9.10. The lowest BCUT2D eigenvalue weighted by molar-refractivity contribution is 0.0240. The number of nitrogens with zero attached hydrogens (tertiary/aromatic N) is 2. The standard InChI is InChI=1S/C11H18BrN3O2/c1-10(2,11(3,4)17)14-7-6-13-15(5)9(16)8(7)12/h6,14,17H,1-5H3. The van der Waals surface area contributed by atoms with Crippen molar-refractivity contribution in [1.82, 2.24) is 9.78 Å². The summed E-state index contributed by atoms with van der Waals surface area (Å²) in [5, 5.41) is 17.1. The van der Waals surface area contributed by atoms with Gasteiger partial charge in [-0.15, -0.1) is 0 Å². The summed E-state index contributed by atoms with van der Waals surface area (Å²) in [7, 11) is 1.58. The number of hydrogen-bond donors (Lipinski definition) is 2. The van der Waals surface area contributed by atoms with Crippen LogP contribution in [0.15, 0.2) is 15.5 Å². The number of aromatic nitrogens is 2. The van der Waals surface area contributed by atoms with Gasteiger partial charge in [0.15, 0.2) is 0 Å². The molecule has 0 aromatic carbocycles. The van der Waals surface area contributed by atoms with Crippen molar-refractivity contribution >= 4 is 21.6 Å². The van der Waals surface area contributed by atoms with Crippen LogP contribution in [0.2, 0.25) is 0 Å². The number of halogens is 1. The lowest BCUT2D eigenvalue weighted by atomic mass is 9.86. The summed E-state index contributed by atoms with van der Waals surface area (Å²) in [6, 6.07) is 0. The van der Waals surface area contributed by atoms with Crippen LogP contribution in [-0.2, 0) is 7.05 Å². The lowest BCUT2D eigenvalue weighted by Crippen LogP contribution is -2.51. The van der Waals surface area contributed by atoms with Gasteiger partial charge in [0.2, 0.25) is 0 Å². The molecule has 0 aliphatic heterocycles. The predicted octanol–water partition coefficient (Wildman–Crippen LogP) is 1.50. The van der Waals surface area contributed by atoms with E-state index in [1.807, 2.05) is 13.8 Å². The minimum atomic E-state index is -0.937. The second-order valence-corrected chi connectivity index (χ2v) is 5.90. The molecule has 0 aliphatic rings. The fourth-order valence-electron chi connectivity index (χ4n) is 1.09. The molecule has 0 radical (unpaired) electrons. The molecule has 5 nitrogen and oxygen atoms in total. The van der Waals surface area contributed by atoms with Gasteiger partial charge in [0.05, 0.1) is 23.0 Å². The number of hydrogen-bond acceptors (Lipinski definition) is 4. The number of aryl methyl sites for hydroxylation is 1. The second-order valence-electron chi connectivity index (χ2n) is 5.11. The van der Waals surface area contributed by atoms with Crippen LogP contribution in [0.3, 0.4) is 0 Å². The minimum Gasteiger partial charge on any atom is -0.388 e. The SMILES string of the molecule is Cn1ncc(NC(C)(C)C(C)(C)O)c(Br)c1=O. The van der Waals surface area contributed by atoms with Crippen molar-refractivity contribution in [3.8, 4) is 0 Å². The summed E-state index contributed by atoms with van der Waals surface area (Å²) < 4.78 is 1.65. The third kappa shape index (κ3) is 2.87. The van der Waals surface area contributed by atoms with Gasteiger partial charge >= 0.3 is 0 Å². The highest BCUT2D eigenvalue weighted by Crippen LogP contribution is 2.28. The summed E-state index contributed by atoms with van der Waals surface area (Å²) in [6.45, 7) is 7.14. The molecular weight excluding hydrogens is 286 g/mol. The average molecular weight is 304 g/mol. The summed E-state index contributed by atoms with van der Waals surface area (Å²) in [5.74, 6) is 0. The van der Waals surface area contributed by atoms with Gasteiger partial charge in [-0.3, -0.25) is 4.79 Å². The Bertz CT molecular complexity index is 475. The first kappa shape index (κ1) is 14.2. The smallest absolute Gasteiger partial charge is 0.282 e. The topological polar surface area (TPSA) is 67.2 Å². The molecule has 2 N–H and O–H groups in total. The summed E-state index contributed by atoms with van der Waals surface area (Å²) in [4.78, 5) is 11.7. The predicted molar refractivity (Wildman–Crippen MR) is 71.2 cm³/mol. The Balaban J connectivity index is 3.14. The van der Waals surface area contributed by atoms with Crippen molar-refractivity contribution in [3.05, 3.63) is 21.0 Å². The quantitative estimate of drug-likeness (QED) is 0.888. The molecule has 96 valence electrons. The first-order valence-corrected chi connectivity index (χ1v) is 6.08. The number of anilines is 1. The van der Waals surface area contributed by atoms with Crippen LogP contribution < -0.4 is 10.9 Å². The van der Waals surface area contributed by atoms with Gasteiger partial charge in [0, 0.05) is 7.05 Å². The van der Waals surface area contributed by atoms with Crippen molar-refractivity contribution in [3.63, 3.8) is 0 Å². The molecule has 0 saturated carbocycles. The molecular formula is C11H18BrN3O2. The van der Waals surface area contributed by atoms with Crippen LogP contribution in [0.4, 0.5) is 5.69 Å². The molecule has 0 unspecified atom stereocenters. The second kappa shape index (κ2) is 4.42. The van der Waals surface area contributed by atoms with E-state index < -0.39 is 11.1 Å². The van der Waals surface area contributed by atoms with Crippen molar-refractivity contribution in [2.75, 3.05) is 5.32 Å². The van der Waals surface area contributed by atoms with Crippen LogP contribution in [0.1, 0.15) is 27.7 Å². The van der Waals surface area contributed by atoms with Gasteiger partial charge in [-0.1, -0.05) is 0 Å². The Hall–Kier alpha value is -0.880. The van der Waals surface area contributed by atoms with Crippen LogP contribution in [0.25, 0.3) is 0 Å². The largest absolute Gasteiger partial charge is 0.388 e. The fourth-order valence-corrected chi connectivity index (χ4v) is 1.55. The van der Waals surface area contributed by atoms with Gasteiger partial charge < -0.3 is 10.4 Å². The maximum Gasteiger partial charge on any atom is 0.282 e. The van der Waals surface area contributed by atoms with Crippen LogP contribution in [0.5, 0.6) is 0 Å². The van der Waals surface area contributed by atoms with E-state index in [1.54, 1.807) is 27.1 Å². The van der Waals surface area contributed by atoms with E-state index >= 15 is 0 Å². The van der Waals surface area contributed by atoms with Crippen molar-refractivity contribution in [1.29, 1.82) is 0 Å². The Morgan fingerprint density at radius 3 is 2.41 bits per heavy atom. The zero-order valence-electron chi connectivity index (χ0n) is 10.7. The Morgan fingerprint density at radius 2 is 1.94 bits per heavy atom. The van der Waals surface area contributed by atoms with Gasteiger partial charge in [-0.05, 0) is 43.6 Å². The molecule has 1 heterocycles. The number of nitrogens with one attached hydrogen (secondary N) is 1. The molecule has 0 atom stereocenters. The Morgan fingerprint density at radius 1 is 1.41 bits per heavy atom. The molecule has 0 spiro atoms. The Labute approximate surface area is 109 Å². The Kier molecular flexibility index (Phi) is 3.69. The molecule has 17 heavy (non-hydrogen) atoms. The van der Waals surface area contributed by atoms with E-state index in [4.69, 9.17) is 0 Å². The molecule has 1 aromatic rings. The number of rotatable bonds is 3. The van der Waals surface area contributed by atoms with Gasteiger partial charge in [0.25, 0.3) is 5.56 Å². The molecule has 0 fully saturated rings. The average Bonchev–Trinajstić information content (AvgIpc) is 2.17. The maximum atomic E-state index is 11.7. The monoisotopic (exact) mass is 303 g/mol. The molecule has 1 rings (SSSR count). The van der Waals surface area contributed by atoms with Gasteiger partial charge in [0.1, 0.15) is 4.47 Å². The van der Waals surface area contributed by atoms with Crippen LogP contribution >= 0.6 is 15.9 Å². The van der Waals surface area contributed by atoms with Gasteiger partial charge in [-0.2, -0.15) is 5.10 Å². The summed E-state index contributed by atoms with van der Waals surface area (Å²) in [5.41, 5.74) is -1.18. The van der Waals surface area contributed by atoms with Crippen molar-refractivity contribution in [2.45, 2.75) is 38.8 Å². The van der Waals surface area contributed by atoms with E-state index in [2.05, 4.69) is 26.3 Å². The third-order valence-electron chi connectivity index (χ3n) is 3.05. The lowest BCUT2D eigenvalue weighted by Gasteiger charge is -2.38. The first-order valence-electron chi connectivity index (χ1n) is 5.28. The van der Waals surface area contributed by atoms with E-state index in [0.29, 0.717) is 10.2 Å². The normalized spacial score (nSPS) is 12.6. The van der Waals surface area contributed by atoms with Crippen LogP contribution in [-0.4, -0.2) is 26.0 Å². The van der Waals surface area contributed by atoms with E-state index in [1.165, 1.54) is 4.68 Å². The number of aliphatic hydroxyl groups is 1. The minimum absolute atomic E-state index is 0.221. The van der Waals surface area contributed by atoms with Gasteiger partial charge in [-0.25, -0.2) is 4.68 Å². The first-order chi connectivity index (χ1) is 7.56. The zero-order chi connectivity index (χ0) is 13.4. The van der Waals surface area contributed by atoms with E-state index in [9.17, 15) is 9.90 Å². The van der Waals surface area contributed by atoms with Crippen LogP contribution in [0, 0.1) is 0 Å².